The van der Waals surface area contributed by atoms with Gasteiger partial charge in [0.15, 0.2) is 0 Å². The second-order valence-electron chi connectivity index (χ2n) is 8.19. The molecule has 5 nitrogen and oxygen atoms in total. The molecule has 0 saturated heterocycles. The van der Waals surface area contributed by atoms with Gasteiger partial charge in [-0.05, 0) is 49.3 Å². The highest BCUT2D eigenvalue weighted by molar-refractivity contribution is 5.74. The second-order valence-corrected chi connectivity index (χ2v) is 8.19. The Morgan fingerprint density at radius 2 is 1.83 bits per heavy atom. The predicted octanol–water partition coefficient (Wildman–Crippen LogP) is 6.18. The number of hydrogen-bond donors (Lipinski definition) is 0. The molecule has 0 bridgehead atoms. The molecule has 1 aliphatic carbocycles. The summed E-state index contributed by atoms with van der Waals surface area (Å²) in [6, 6.07) is 7.32. The first-order valence-corrected chi connectivity index (χ1v) is 11.2. The van der Waals surface area contributed by atoms with E-state index in [1.54, 1.807) is 19.1 Å². The van der Waals surface area contributed by atoms with Crippen LogP contribution in [0.4, 0.5) is 0 Å². The van der Waals surface area contributed by atoms with Crippen LogP contribution in [0.25, 0.3) is 11.1 Å². The molecule has 0 atom stereocenters. The van der Waals surface area contributed by atoms with Crippen molar-refractivity contribution in [1.29, 1.82) is 5.26 Å². The summed E-state index contributed by atoms with van der Waals surface area (Å²) in [5.41, 5.74) is 2.03. The van der Waals surface area contributed by atoms with Crippen molar-refractivity contribution in [1.82, 2.24) is 9.97 Å². The van der Waals surface area contributed by atoms with Gasteiger partial charge in [0.05, 0.1) is 5.56 Å². The molecular formula is C25H31N3O2. The fourth-order valence-corrected chi connectivity index (χ4v) is 4.17. The van der Waals surface area contributed by atoms with Crippen molar-refractivity contribution >= 4 is 5.97 Å². The number of nitriles is 1. The van der Waals surface area contributed by atoms with Crippen LogP contribution in [0.5, 0.6) is 5.75 Å². The zero-order chi connectivity index (χ0) is 21.3. The number of nitrogens with zero attached hydrogens (tertiary/aromatic N) is 3. The van der Waals surface area contributed by atoms with Crippen LogP contribution < -0.4 is 4.74 Å². The van der Waals surface area contributed by atoms with E-state index in [1.807, 2.05) is 18.5 Å². The Hall–Kier alpha value is -2.74. The van der Waals surface area contributed by atoms with Crippen LogP contribution in [-0.2, 0) is 4.79 Å². The first-order chi connectivity index (χ1) is 14.6. The Morgan fingerprint density at radius 1 is 1.10 bits per heavy atom. The standard InChI is InChI=1S/C25H31N3O2/c1-3-5-6-7-18-8-10-19(11-9-18)25-27-16-22(17-28-25)20-12-13-23(21(14-20)15-26)30-24(29)4-2/h12-14,16-19H,3-11H2,1-2H3. The molecule has 1 fully saturated rings. The molecule has 158 valence electrons. The number of hydrogen-bond acceptors (Lipinski definition) is 5. The van der Waals surface area contributed by atoms with Gasteiger partial charge in [0.25, 0.3) is 0 Å². The van der Waals surface area contributed by atoms with Crippen molar-refractivity contribution < 1.29 is 9.53 Å². The van der Waals surface area contributed by atoms with Gasteiger partial charge in [-0.25, -0.2) is 9.97 Å². The van der Waals surface area contributed by atoms with Crippen molar-refractivity contribution in [2.45, 2.75) is 77.6 Å². The van der Waals surface area contributed by atoms with E-state index >= 15 is 0 Å². The SMILES string of the molecule is CCCCCC1CCC(c2ncc(-c3ccc(OC(=O)CC)c(C#N)c3)cn2)CC1. The summed E-state index contributed by atoms with van der Waals surface area (Å²) in [6.45, 7) is 3.98. The molecule has 1 saturated carbocycles. The van der Waals surface area contributed by atoms with E-state index < -0.39 is 0 Å². The van der Waals surface area contributed by atoms with Gasteiger partial charge in [-0.2, -0.15) is 5.26 Å². The minimum atomic E-state index is -0.355. The first kappa shape index (κ1) is 22.0. The van der Waals surface area contributed by atoms with E-state index in [9.17, 15) is 10.1 Å². The van der Waals surface area contributed by atoms with Crippen LogP contribution >= 0.6 is 0 Å². The number of benzene rings is 1. The maximum absolute atomic E-state index is 11.5. The lowest BCUT2D eigenvalue weighted by Crippen LogP contribution is -2.15. The largest absolute Gasteiger partial charge is 0.425 e. The lowest BCUT2D eigenvalue weighted by Gasteiger charge is -2.27. The Kier molecular flexibility index (Phi) is 7.96. The maximum Gasteiger partial charge on any atom is 0.310 e. The molecule has 0 spiro atoms. The second kappa shape index (κ2) is 10.9. The quantitative estimate of drug-likeness (QED) is 0.297. The number of carbonyl (C=O) groups is 1. The van der Waals surface area contributed by atoms with E-state index in [2.05, 4.69) is 23.0 Å². The van der Waals surface area contributed by atoms with Crippen molar-refractivity contribution in [2.24, 2.45) is 5.92 Å². The summed E-state index contributed by atoms with van der Waals surface area (Å²) in [4.78, 5) is 20.8. The van der Waals surface area contributed by atoms with Crippen LogP contribution in [0.15, 0.2) is 30.6 Å². The molecule has 1 aromatic heterocycles. The molecule has 5 heteroatoms. The molecule has 3 rings (SSSR count). The smallest absolute Gasteiger partial charge is 0.310 e. The third kappa shape index (κ3) is 5.66. The third-order valence-corrected chi connectivity index (χ3v) is 6.05. The van der Waals surface area contributed by atoms with Gasteiger partial charge in [-0.3, -0.25) is 4.79 Å². The van der Waals surface area contributed by atoms with E-state index in [-0.39, 0.29) is 12.4 Å². The van der Waals surface area contributed by atoms with Crippen LogP contribution in [0, 0.1) is 17.2 Å². The van der Waals surface area contributed by atoms with Gasteiger partial charge in [0, 0.05) is 30.3 Å². The molecule has 0 radical (unpaired) electrons. The minimum absolute atomic E-state index is 0.266. The Labute approximate surface area is 179 Å². The Bertz CT molecular complexity index is 878. The van der Waals surface area contributed by atoms with E-state index in [0.29, 0.717) is 17.2 Å². The van der Waals surface area contributed by atoms with Crippen LogP contribution in [-0.4, -0.2) is 15.9 Å². The molecular weight excluding hydrogens is 374 g/mol. The highest BCUT2D eigenvalue weighted by atomic mass is 16.5. The fraction of sp³-hybridized carbons (Fsp3) is 0.520. The average molecular weight is 406 g/mol. The number of carbonyl (C=O) groups excluding carboxylic acids is 1. The molecule has 0 aliphatic heterocycles. The van der Waals surface area contributed by atoms with Gasteiger partial charge in [0.1, 0.15) is 17.6 Å². The van der Waals surface area contributed by atoms with Crippen molar-refractivity contribution in [3.8, 4) is 22.9 Å². The van der Waals surface area contributed by atoms with Crippen LogP contribution in [0.3, 0.4) is 0 Å². The van der Waals surface area contributed by atoms with Crippen molar-refractivity contribution in [2.75, 3.05) is 0 Å². The topological polar surface area (TPSA) is 75.9 Å². The summed E-state index contributed by atoms with van der Waals surface area (Å²) in [5, 5.41) is 9.41. The summed E-state index contributed by atoms with van der Waals surface area (Å²) in [7, 11) is 0. The Morgan fingerprint density at radius 3 is 2.47 bits per heavy atom. The van der Waals surface area contributed by atoms with Crippen molar-refractivity contribution in [3.63, 3.8) is 0 Å². The first-order valence-electron chi connectivity index (χ1n) is 11.2. The predicted molar refractivity (Wildman–Crippen MR) is 117 cm³/mol. The number of rotatable bonds is 8. The summed E-state index contributed by atoms with van der Waals surface area (Å²) in [5.74, 6) is 2.19. The zero-order valence-corrected chi connectivity index (χ0v) is 18.1. The van der Waals surface area contributed by atoms with Gasteiger partial charge in [-0.1, -0.05) is 45.6 Å². The summed E-state index contributed by atoms with van der Waals surface area (Å²) >= 11 is 0. The molecule has 0 N–H and O–H groups in total. The molecule has 1 aliphatic rings. The summed E-state index contributed by atoms with van der Waals surface area (Å²) in [6.07, 6.45) is 14.2. The average Bonchev–Trinajstić information content (AvgIpc) is 2.80. The monoisotopic (exact) mass is 405 g/mol. The van der Waals surface area contributed by atoms with Crippen molar-refractivity contribution in [3.05, 3.63) is 42.0 Å². The molecule has 2 aromatic rings. The van der Waals surface area contributed by atoms with E-state index in [4.69, 9.17) is 4.74 Å². The van der Waals surface area contributed by atoms with E-state index in [1.165, 1.54) is 51.4 Å². The summed E-state index contributed by atoms with van der Waals surface area (Å²) < 4.78 is 5.22. The normalized spacial score (nSPS) is 18.6. The zero-order valence-electron chi connectivity index (χ0n) is 18.1. The number of unbranched alkanes of at least 4 members (excludes halogenated alkanes) is 2. The molecule has 0 unspecified atom stereocenters. The third-order valence-electron chi connectivity index (χ3n) is 6.05. The molecule has 1 aromatic carbocycles. The van der Waals surface area contributed by atoms with Gasteiger partial charge in [-0.15, -0.1) is 0 Å². The van der Waals surface area contributed by atoms with Crippen LogP contribution in [0.2, 0.25) is 0 Å². The highest BCUT2D eigenvalue weighted by Gasteiger charge is 2.24. The number of esters is 1. The molecule has 0 amide bonds. The van der Waals surface area contributed by atoms with Gasteiger partial charge in [0.2, 0.25) is 0 Å². The highest BCUT2D eigenvalue weighted by Crippen LogP contribution is 2.36. The van der Waals surface area contributed by atoms with Gasteiger partial charge >= 0.3 is 5.97 Å². The van der Waals surface area contributed by atoms with Crippen LogP contribution in [0.1, 0.15) is 88.9 Å². The minimum Gasteiger partial charge on any atom is -0.425 e. The lowest BCUT2D eigenvalue weighted by molar-refractivity contribution is -0.134. The van der Waals surface area contributed by atoms with Gasteiger partial charge < -0.3 is 4.74 Å². The molecule has 30 heavy (non-hydrogen) atoms. The lowest BCUT2D eigenvalue weighted by atomic mass is 9.79. The number of ether oxygens (including phenoxy) is 1. The fourth-order valence-electron chi connectivity index (χ4n) is 4.17. The van der Waals surface area contributed by atoms with E-state index in [0.717, 1.165) is 22.9 Å². The maximum atomic E-state index is 11.5. The Balaban J connectivity index is 1.63. The number of aromatic nitrogens is 2. The molecule has 1 heterocycles.